The highest BCUT2D eigenvalue weighted by Crippen LogP contribution is 2.35. The Labute approximate surface area is 329 Å². The van der Waals surface area contributed by atoms with E-state index in [9.17, 15) is 9.59 Å². The Balaban J connectivity index is 0.000000159. The van der Waals surface area contributed by atoms with Gasteiger partial charge in [-0.15, -0.1) is 0 Å². The number of para-hydroxylation sites is 2. The third-order valence-electron chi connectivity index (χ3n) is 11.9. The van der Waals surface area contributed by atoms with Gasteiger partial charge < -0.3 is 15.5 Å². The van der Waals surface area contributed by atoms with Crippen LogP contribution in [0, 0.1) is 19.8 Å². The van der Waals surface area contributed by atoms with E-state index in [1.54, 1.807) is 0 Å². The summed E-state index contributed by atoms with van der Waals surface area (Å²) < 4.78 is 3.83. The number of aromatic nitrogens is 4. The number of carbonyl (C=O) groups excluding carboxylic acids is 2. The molecule has 2 aromatic heterocycles. The fourth-order valence-electron chi connectivity index (χ4n) is 8.28. The molecule has 9 heteroatoms. The van der Waals surface area contributed by atoms with Crippen LogP contribution < -0.4 is 15.5 Å². The Morgan fingerprint density at radius 3 is 1.61 bits per heavy atom. The van der Waals surface area contributed by atoms with Gasteiger partial charge >= 0.3 is 0 Å². The Bertz CT molecular complexity index is 2420. The SMILES string of the molecule is Cc1cc(C(=O)N2Cc3cnn(C)c3Cc3ccccc32)ccc1CCCC1CC1.Cc1cc(C(=O)N2Cc3cnn(C)c3Cc3ccccc32)ccc1CN. The monoisotopic (exact) mass is 745 g/mol. The summed E-state index contributed by atoms with van der Waals surface area (Å²) in [5.41, 5.74) is 20.7. The number of nitrogens with two attached hydrogens (primary N) is 1. The Morgan fingerprint density at radius 2 is 1.14 bits per heavy atom. The van der Waals surface area contributed by atoms with Crippen LogP contribution in [0.5, 0.6) is 0 Å². The van der Waals surface area contributed by atoms with Crippen molar-refractivity contribution < 1.29 is 9.59 Å². The van der Waals surface area contributed by atoms with E-state index in [1.807, 2.05) is 107 Å². The summed E-state index contributed by atoms with van der Waals surface area (Å²) in [5, 5.41) is 8.81. The molecule has 9 nitrogen and oxygen atoms in total. The number of amides is 2. The van der Waals surface area contributed by atoms with Gasteiger partial charge in [0.2, 0.25) is 0 Å². The van der Waals surface area contributed by atoms with Crippen molar-refractivity contribution in [3.63, 3.8) is 0 Å². The van der Waals surface area contributed by atoms with Crippen molar-refractivity contribution in [2.45, 2.75) is 78.4 Å². The van der Waals surface area contributed by atoms with Gasteiger partial charge in [-0.3, -0.25) is 19.0 Å². The van der Waals surface area contributed by atoms with Crippen LogP contribution in [0.25, 0.3) is 0 Å². The number of rotatable bonds is 7. The van der Waals surface area contributed by atoms with Gasteiger partial charge in [-0.1, -0.05) is 67.8 Å². The van der Waals surface area contributed by atoms with E-state index in [0.717, 1.165) is 75.6 Å². The lowest BCUT2D eigenvalue weighted by atomic mass is 9.99. The van der Waals surface area contributed by atoms with Crippen molar-refractivity contribution in [2.24, 2.45) is 25.7 Å². The zero-order valence-corrected chi connectivity index (χ0v) is 33.0. The van der Waals surface area contributed by atoms with E-state index >= 15 is 0 Å². The fourth-order valence-corrected chi connectivity index (χ4v) is 8.28. The highest BCUT2D eigenvalue weighted by molar-refractivity contribution is 6.07. The molecule has 4 aromatic carbocycles. The molecule has 56 heavy (non-hydrogen) atoms. The minimum atomic E-state index is 0.000763. The molecule has 1 fully saturated rings. The minimum Gasteiger partial charge on any atom is -0.326 e. The fraction of sp³-hybridized carbons (Fsp3) is 0.319. The number of benzene rings is 4. The number of carbonyl (C=O) groups is 2. The molecule has 0 atom stereocenters. The van der Waals surface area contributed by atoms with Crippen LogP contribution >= 0.6 is 0 Å². The standard InChI is InChI=1S/C26H29N3O.C21H22N4O/c1-18-14-22(13-12-20(18)8-5-6-19-10-11-19)26(30)29-17-23-16-27-28(2)25(23)15-21-7-3-4-9-24(21)29;1-14-9-16(7-8-17(14)11-22)21(26)25-13-18-12-23-24(2)20(18)10-15-5-3-4-6-19(15)25/h3-4,7,9,12-14,16,19H,5-6,8,10-11,15,17H2,1-2H3;3-9,12H,10-11,13,22H2,1-2H3. The smallest absolute Gasteiger partial charge is 0.258 e. The van der Waals surface area contributed by atoms with Crippen LogP contribution in [0.4, 0.5) is 11.4 Å². The lowest BCUT2D eigenvalue weighted by Gasteiger charge is -2.23. The summed E-state index contributed by atoms with van der Waals surface area (Å²) in [7, 11) is 3.93. The van der Waals surface area contributed by atoms with Crippen LogP contribution in [0.15, 0.2) is 97.3 Å². The zero-order valence-electron chi connectivity index (χ0n) is 33.0. The van der Waals surface area contributed by atoms with E-state index in [2.05, 4.69) is 47.5 Å². The molecule has 2 amide bonds. The van der Waals surface area contributed by atoms with Crippen molar-refractivity contribution in [3.05, 3.63) is 164 Å². The van der Waals surface area contributed by atoms with Gasteiger partial charge in [0.1, 0.15) is 0 Å². The summed E-state index contributed by atoms with van der Waals surface area (Å²) in [6.45, 7) is 5.69. The lowest BCUT2D eigenvalue weighted by Crippen LogP contribution is -2.30. The van der Waals surface area contributed by atoms with E-state index in [1.165, 1.54) is 48.1 Å². The second kappa shape index (κ2) is 15.7. The van der Waals surface area contributed by atoms with Crippen molar-refractivity contribution in [3.8, 4) is 0 Å². The maximum absolute atomic E-state index is 13.6. The van der Waals surface area contributed by atoms with Gasteiger partial charge in [-0.25, -0.2) is 0 Å². The van der Waals surface area contributed by atoms with Crippen LogP contribution in [-0.4, -0.2) is 31.4 Å². The molecular formula is C47H51N7O2. The number of anilines is 2. The van der Waals surface area contributed by atoms with Crippen molar-refractivity contribution in [2.75, 3.05) is 9.80 Å². The zero-order chi connectivity index (χ0) is 38.9. The van der Waals surface area contributed by atoms with Crippen molar-refractivity contribution in [1.29, 1.82) is 0 Å². The Hall–Kier alpha value is -5.80. The Kier molecular flexibility index (Phi) is 10.4. The number of fused-ring (bicyclic) bond motifs is 4. The molecule has 3 aliphatic rings. The molecule has 2 N–H and O–H groups in total. The normalized spacial score (nSPS) is 14.4. The van der Waals surface area contributed by atoms with Crippen LogP contribution in [0.3, 0.4) is 0 Å². The second-order valence-corrected chi connectivity index (χ2v) is 15.7. The molecule has 0 radical (unpaired) electrons. The van der Waals surface area contributed by atoms with E-state index in [0.29, 0.717) is 25.2 Å². The first kappa shape index (κ1) is 37.1. The van der Waals surface area contributed by atoms with Crippen LogP contribution in [0.1, 0.15) is 102 Å². The van der Waals surface area contributed by atoms with Gasteiger partial charge in [0, 0.05) is 78.5 Å². The third-order valence-corrected chi connectivity index (χ3v) is 11.9. The molecule has 286 valence electrons. The second-order valence-electron chi connectivity index (χ2n) is 15.7. The molecular weight excluding hydrogens is 695 g/mol. The summed E-state index contributed by atoms with van der Waals surface area (Å²) >= 11 is 0. The summed E-state index contributed by atoms with van der Waals surface area (Å²) in [5.74, 6) is 1.04. The van der Waals surface area contributed by atoms with Gasteiger partial charge in [0.15, 0.2) is 0 Å². The topological polar surface area (TPSA) is 102 Å². The highest BCUT2D eigenvalue weighted by atomic mass is 16.2. The first-order valence-corrected chi connectivity index (χ1v) is 19.9. The predicted octanol–water partition coefficient (Wildman–Crippen LogP) is 8.15. The molecule has 1 saturated carbocycles. The number of hydrogen-bond donors (Lipinski definition) is 1. The molecule has 1 aliphatic carbocycles. The third kappa shape index (κ3) is 7.56. The number of hydrogen-bond acceptors (Lipinski definition) is 5. The maximum atomic E-state index is 13.6. The van der Waals surface area contributed by atoms with Gasteiger partial charge in [0.05, 0.1) is 25.5 Å². The number of aryl methyl sites for hydroxylation is 5. The first-order chi connectivity index (χ1) is 27.2. The predicted molar refractivity (Wildman–Crippen MR) is 222 cm³/mol. The summed E-state index contributed by atoms with van der Waals surface area (Å²) in [6.07, 6.45) is 11.9. The van der Waals surface area contributed by atoms with Crippen LogP contribution in [-0.2, 0) is 53.0 Å². The highest BCUT2D eigenvalue weighted by Gasteiger charge is 2.28. The van der Waals surface area contributed by atoms with E-state index in [-0.39, 0.29) is 11.8 Å². The maximum Gasteiger partial charge on any atom is 0.258 e. The number of nitrogens with zero attached hydrogens (tertiary/aromatic N) is 6. The van der Waals surface area contributed by atoms with Gasteiger partial charge in [0.25, 0.3) is 11.8 Å². The molecule has 0 bridgehead atoms. The van der Waals surface area contributed by atoms with E-state index < -0.39 is 0 Å². The van der Waals surface area contributed by atoms with Gasteiger partial charge in [-0.2, -0.15) is 10.2 Å². The molecule has 0 saturated heterocycles. The van der Waals surface area contributed by atoms with Gasteiger partial charge in [-0.05, 0) is 102 Å². The van der Waals surface area contributed by atoms with E-state index in [4.69, 9.17) is 5.73 Å². The molecule has 0 spiro atoms. The lowest BCUT2D eigenvalue weighted by molar-refractivity contribution is 0.0977. The molecule has 6 aromatic rings. The molecule has 2 aliphatic heterocycles. The first-order valence-electron chi connectivity index (χ1n) is 19.9. The van der Waals surface area contributed by atoms with Crippen molar-refractivity contribution >= 4 is 23.2 Å². The molecule has 9 rings (SSSR count). The largest absolute Gasteiger partial charge is 0.326 e. The Morgan fingerprint density at radius 1 is 0.661 bits per heavy atom. The van der Waals surface area contributed by atoms with Crippen molar-refractivity contribution in [1.82, 2.24) is 19.6 Å². The summed E-state index contributed by atoms with van der Waals surface area (Å²) in [4.78, 5) is 30.7. The molecule has 0 unspecified atom stereocenters. The summed E-state index contributed by atoms with van der Waals surface area (Å²) in [6, 6.07) is 28.3. The quantitative estimate of drug-likeness (QED) is 0.178. The average molecular weight is 746 g/mol. The minimum absolute atomic E-state index is 0.000763. The molecule has 4 heterocycles. The average Bonchev–Trinajstić information content (AvgIpc) is 3.96. The van der Waals surface area contributed by atoms with Crippen LogP contribution in [0.2, 0.25) is 0 Å².